The zero-order valence-corrected chi connectivity index (χ0v) is 19.2. The minimum Gasteiger partial charge on any atom is -0.496 e. The Bertz CT molecular complexity index is 1280. The molecule has 0 aromatic heterocycles. The van der Waals surface area contributed by atoms with Crippen molar-refractivity contribution in [3.63, 3.8) is 0 Å². The van der Waals surface area contributed by atoms with Gasteiger partial charge in [0, 0.05) is 21.3 Å². The minimum absolute atomic E-state index is 0.147. The lowest BCUT2D eigenvalue weighted by molar-refractivity contribution is -0.120. The van der Waals surface area contributed by atoms with E-state index < -0.39 is 11.8 Å². The van der Waals surface area contributed by atoms with E-state index in [1.54, 1.807) is 55.5 Å². The molecule has 1 aliphatic rings. The summed E-state index contributed by atoms with van der Waals surface area (Å²) >= 11 is 12.4. The first-order valence-electron chi connectivity index (χ1n) is 9.87. The number of ether oxygens (including phenoxy) is 1. The van der Waals surface area contributed by atoms with Gasteiger partial charge in [-0.05, 0) is 61.4 Å². The van der Waals surface area contributed by atoms with Gasteiger partial charge in [0.15, 0.2) is 0 Å². The van der Waals surface area contributed by atoms with Crippen molar-refractivity contribution in [1.82, 2.24) is 0 Å². The Balaban J connectivity index is 1.88. The molecule has 32 heavy (non-hydrogen) atoms. The topological polar surface area (TPSA) is 58.6 Å². The number of hydrogen-bond donors (Lipinski definition) is 1. The van der Waals surface area contributed by atoms with Gasteiger partial charge in [-0.15, -0.1) is 0 Å². The first-order valence-corrected chi connectivity index (χ1v) is 10.6. The Labute approximate surface area is 196 Å². The van der Waals surface area contributed by atoms with Gasteiger partial charge in [-0.25, -0.2) is 4.90 Å². The minimum atomic E-state index is -0.474. The van der Waals surface area contributed by atoms with Crippen molar-refractivity contribution in [3.8, 4) is 5.75 Å². The normalized spacial score (nSPS) is 13.7. The van der Waals surface area contributed by atoms with Crippen LogP contribution in [0.5, 0.6) is 5.75 Å². The molecule has 1 N–H and O–H groups in total. The predicted molar refractivity (Wildman–Crippen MR) is 128 cm³/mol. The monoisotopic (exact) mass is 466 g/mol. The van der Waals surface area contributed by atoms with Crippen molar-refractivity contribution in [2.45, 2.75) is 13.8 Å². The number of carbonyl (C=O) groups is 2. The molecule has 0 saturated heterocycles. The average molecular weight is 467 g/mol. The SMILES string of the molecule is COc1ccccc1C1=C(Nc2ccc(C)c(Cl)c2)C(=O)N(c2ccc(Cl)cc2C)C1=O. The van der Waals surface area contributed by atoms with Gasteiger partial charge in [0.05, 0.1) is 18.4 Å². The van der Waals surface area contributed by atoms with Crippen LogP contribution >= 0.6 is 23.2 Å². The Morgan fingerprint density at radius 3 is 2.31 bits per heavy atom. The number of hydrogen-bond acceptors (Lipinski definition) is 4. The van der Waals surface area contributed by atoms with Gasteiger partial charge < -0.3 is 10.1 Å². The van der Waals surface area contributed by atoms with E-state index in [2.05, 4.69) is 5.32 Å². The second-order valence-electron chi connectivity index (χ2n) is 7.42. The van der Waals surface area contributed by atoms with E-state index in [9.17, 15) is 9.59 Å². The van der Waals surface area contributed by atoms with Crippen molar-refractivity contribution in [2.24, 2.45) is 0 Å². The molecule has 3 aromatic carbocycles. The molecule has 1 heterocycles. The smallest absolute Gasteiger partial charge is 0.282 e. The van der Waals surface area contributed by atoms with Crippen LogP contribution in [0.25, 0.3) is 5.57 Å². The van der Waals surface area contributed by atoms with Crippen LogP contribution in [-0.4, -0.2) is 18.9 Å². The summed E-state index contributed by atoms with van der Waals surface area (Å²) in [6.07, 6.45) is 0. The fourth-order valence-electron chi connectivity index (χ4n) is 3.65. The molecule has 0 aliphatic carbocycles. The van der Waals surface area contributed by atoms with Crippen LogP contribution < -0.4 is 15.0 Å². The number of carbonyl (C=O) groups excluding carboxylic acids is 2. The Morgan fingerprint density at radius 1 is 0.875 bits per heavy atom. The maximum Gasteiger partial charge on any atom is 0.282 e. The summed E-state index contributed by atoms with van der Waals surface area (Å²) in [5.41, 5.74) is 3.56. The van der Waals surface area contributed by atoms with Crippen LogP contribution in [0.15, 0.2) is 66.4 Å². The number of nitrogens with zero attached hydrogens (tertiary/aromatic N) is 1. The van der Waals surface area contributed by atoms with Crippen LogP contribution in [0.1, 0.15) is 16.7 Å². The van der Waals surface area contributed by atoms with Crippen LogP contribution in [-0.2, 0) is 9.59 Å². The van der Waals surface area contributed by atoms with Gasteiger partial charge in [0.1, 0.15) is 11.4 Å². The summed E-state index contributed by atoms with van der Waals surface area (Å²) in [7, 11) is 1.52. The van der Waals surface area contributed by atoms with Crippen LogP contribution in [0.4, 0.5) is 11.4 Å². The molecule has 1 aliphatic heterocycles. The van der Waals surface area contributed by atoms with Crippen LogP contribution in [0.3, 0.4) is 0 Å². The predicted octanol–water partition coefficient (Wildman–Crippen LogP) is 6.02. The summed E-state index contributed by atoms with van der Waals surface area (Å²) in [6, 6.07) is 17.5. The molecule has 2 amide bonds. The number of anilines is 2. The molecule has 0 atom stereocenters. The molecule has 0 saturated carbocycles. The lowest BCUT2D eigenvalue weighted by Gasteiger charge is -2.18. The van der Waals surface area contributed by atoms with Crippen LogP contribution in [0.2, 0.25) is 10.0 Å². The molecule has 7 heteroatoms. The third-order valence-electron chi connectivity index (χ3n) is 5.30. The molecule has 3 aromatic rings. The first-order chi connectivity index (χ1) is 15.3. The molecule has 5 nitrogen and oxygen atoms in total. The summed E-state index contributed by atoms with van der Waals surface area (Å²) in [4.78, 5) is 28.4. The highest BCUT2D eigenvalue weighted by atomic mass is 35.5. The van der Waals surface area contributed by atoms with E-state index in [-0.39, 0.29) is 11.3 Å². The number of para-hydroxylation sites is 1. The third-order valence-corrected chi connectivity index (χ3v) is 5.94. The number of nitrogens with one attached hydrogen (secondary N) is 1. The highest BCUT2D eigenvalue weighted by Crippen LogP contribution is 2.38. The number of halogens is 2. The van der Waals surface area contributed by atoms with E-state index >= 15 is 0 Å². The molecule has 0 unspecified atom stereocenters. The maximum atomic E-state index is 13.6. The summed E-state index contributed by atoms with van der Waals surface area (Å²) in [6.45, 7) is 3.69. The van der Waals surface area contributed by atoms with Gasteiger partial charge in [0.2, 0.25) is 0 Å². The highest BCUT2D eigenvalue weighted by molar-refractivity contribution is 6.46. The lowest BCUT2D eigenvalue weighted by atomic mass is 10.0. The zero-order chi connectivity index (χ0) is 23.0. The summed E-state index contributed by atoms with van der Waals surface area (Å²) in [5, 5.41) is 4.20. The Morgan fingerprint density at radius 2 is 1.62 bits per heavy atom. The molecular weight excluding hydrogens is 447 g/mol. The second-order valence-corrected chi connectivity index (χ2v) is 8.26. The summed E-state index contributed by atoms with van der Waals surface area (Å²) in [5.74, 6) is -0.441. The molecule has 0 fully saturated rings. The zero-order valence-electron chi connectivity index (χ0n) is 17.7. The fourth-order valence-corrected chi connectivity index (χ4v) is 4.06. The van der Waals surface area contributed by atoms with Gasteiger partial charge in [-0.2, -0.15) is 0 Å². The Hall–Kier alpha value is -3.28. The van der Waals surface area contributed by atoms with Gasteiger partial charge >= 0.3 is 0 Å². The van der Waals surface area contributed by atoms with E-state index in [0.717, 1.165) is 10.5 Å². The first kappa shape index (κ1) is 21.9. The molecular formula is C25H20Cl2N2O3. The highest BCUT2D eigenvalue weighted by Gasteiger charge is 2.41. The van der Waals surface area contributed by atoms with Crippen LogP contribution in [0, 0.1) is 13.8 Å². The van der Waals surface area contributed by atoms with E-state index in [1.165, 1.54) is 7.11 Å². The van der Waals surface area contributed by atoms with Crippen molar-refractivity contribution in [3.05, 3.63) is 93.1 Å². The van der Waals surface area contributed by atoms with Crippen molar-refractivity contribution < 1.29 is 14.3 Å². The Kier molecular flexibility index (Phi) is 5.96. The molecule has 0 spiro atoms. The lowest BCUT2D eigenvalue weighted by Crippen LogP contribution is -2.33. The number of aryl methyl sites for hydroxylation is 2. The number of rotatable bonds is 5. The van der Waals surface area contributed by atoms with Gasteiger partial charge in [0.25, 0.3) is 11.8 Å². The van der Waals surface area contributed by atoms with E-state index in [0.29, 0.717) is 38.3 Å². The maximum absolute atomic E-state index is 13.6. The quantitative estimate of drug-likeness (QED) is 0.467. The van der Waals surface area contributed by atoms with Gasteiger partial charge in [-0.3, -0.25) is 9.59 Å². The second kappa shape index (κ2) is 8.69. The number of imide groups is 1. The number of amides is 2. The van der Waals surface area contributed by atoms with E-state index in [4.69, 9.17) is 27.9 Å². The van der Waals surface area contributed by atoms with E-state index in [1.807, 2.05) is 19.1 Å². The molecule has 4 rings (SSSR count). The van der Waals surface area contributed by atoms with Crippen molar-refractivity contribution >= 4 is 52.0 Å². The molecule has 0 bridgehead atoms. The van der Waals surface area contributed by atoms with Crippen molar-refractivity contribution in [1.29, 1.82) is 0 Å². The third kappa shape index (κ3) is 3.85. The van der Waals surface area contributed by atoms with Crippen molar-refractivity contribution in [2.75, 3.05) is 17.3 Å². The number of methoxy groups -OCH3 is 1. The average Bonchev–Trinajstić information content (AvgIpc) is 3.00. The fraction of sp³-hybridized carbons (Fsp3) is 0.120. The van der Waals surface area contributed by atoms with Gasteiger partial charge in [-0.1, -0.05) is 47.5 Å². The number of benzene rings is 3. The standard InChI is InChI=1S/C25H20Cl2N2O3/c1-14-8-10-17(13-19(14)27)28-23-22(18-6-4-5-7-21(18)32-3)24(30)29(25(23)31)20-11-9-16(26)12-15(20)2/h4-13,28H,1-3H3. The molecule has 0 radical (unpaired) electrons. The largest absolute Gasteiger partial charge is 0.496 e. The molecule has 162 valence electrons. The summed E-state index contributed by atoms with van der Waals surface area (Å²) < 4.78 is 5.47.